The molecule has 6 nitrogen and oxygen atoms in total. The average Bonchev–Trinajstić information content (AvgIpc) is 3.05. The molecule has 7 heteroatoms. The summed E-state index contributed by atoms with van der Waals surface area (Å²) < 4.78 is 20.2. The quantitative estimate of drug-likeness (QED) is 0.734. The standard InChI is InChI=1S/C18H18FN5O/c1-13-16(12-24(22-13)15-4-2-14(19)3-5-15)17-6-7-20-18(21-17)23-8-10-25-11-9-23/h2-7,12H,8-11H2,1H3. The average molecular weight is 339 g/mol. The van der Waals surface area contributed by atoms with Gasteiger partial charge in [-0.05, 0) is 37.3 Å². The number of rotatable bonds is 3. The van der Waals surface area contributed by atoms with Crippen LogP contribution in [0.25, 0.3) is 16.9 Å². The Labute approximate surface area is 144 Å². The van der Waals surface area contributed by atoms with Crippen molar-refractivity contribution in [3.8, 4) is 16.9 Å². The van der Waals surface area contributed by atoms with E-state index in [0.29, 0.717) is 19.2 Å². The fourth-order valence-electron chi connectivity index (χ4n) is 2.85. The maximum absolute atomic E-state index is 13.1. The fraction of sp³-hybridized carbons (Fsp3) is 0.278. The number of ether oxygens (including phenoxy) is 1. The molecule has 1 saturated heterocycles. The van der Waals surface area contributed by atoms with Crippen LogP contribution in [-0.4, -0.2) is 46.1 Å². The van der Waals surface area contributed by atoms with Crippen LogP contribution in [0.1, 0.15) is 5.69 Å². The van der Waals surface area contributed by atoms with Crippen LogP contribution < -0.4 is 4.90 Å². The van der Waals surface area contributed by atoms with Gasteiger partial charge in [-0.2, -0.15) is 5.10 Å². The molecule has 128 valence electrons. The smallest absolute Gasteiger partial charge is 0.226 e. The minimum atomic E-state index is -0.265. The lowest BCUT2D eigenvalue weighted by Gasteiger charge is -2.26. The number of hydrogen-bond donors (Lipinski definition) is 0. The van der Waals surface area contributed by atoms with Gasteiger partial charge in [0, 0.05) is 31.0 Å². The zero-order valence-corrected chi connectivity index (χ0v) is 13.9. The van der Waals surface area contributed by atoms with Gasteiger partial charge in [-0.15, -0.1) is 0 Å². The second kappa shape index (κ2) is 6.60. The minimum absolute atomic E-state index is 0.265. The van der Waals surface area contributed by atoms with Crippen LogP contribution in [0.2, 0.25) is 0 Å². The summed E-state index contributed by atoms with van der Waals surface area (Å²) in [5, 5.41) is 4.53. The van der Waals surface area contributed by atoms with Crippen molar-refractivity contribution in [2.45, 2.75) is 6.92 Å². The number of aromatic nitrogens is 4. The van der Waals surface area contributed by atoms with Crippen molar-refractivity contribution in [2.24, 2.45) is 0 Å². The lowest BCUT2D eigenvalue weighted by atomic mass is 10.2. The summed E-state index contributed by atoms with van der Waals surface area (Å²) in [7, 11) is 0. The van der Waals surface area contributed by atoms with Gasteiger partial charge in [-0.1, -0.05) is 0 Å². The molecule has 0 amide bonds. The molecule has 0 unspecified atom stereocenters. The van der Waals surface area contributed by atoms with Crippen molar-refractivity contribution in [1.29, 1.82) is 0 Å². The molecule has 4 rings (SSSR count). The van der Waals surface area contributed by atoms with Gasteiger partial charge in [-0.25, -0.2) is 19.0 Å². The van der Waals surface area contributed by atoms with Gasteiger partial charge < -0.3 is 9.64 Å². The molecule has 0 N–H and O–H groups in total. The summed E-state index contributed by atoms with van der Waals surface area (Å²) in [4.78, 5) is 11.2. The topological polar surface area (TPSA) is 56.1 Å². The van der Waals surface area contributed by atoms with Crippen LogP contribution >= 0.6 is 0 Å². The molecule has 3 heterocycles. The number of nitrogens with zero attached hydrogens (tertiary/aromatic N) is 5. The minimum Gasteiger partial charge on any atom is -0.378 e. The highest BCUT2D eigenvalue weighted by Gasteiger charge is 2.16. The third-order valence-corrected chi connectivity index (χ3v) is 4.20. The number of anilines is 1. The predicted octanol–water partition coefficient (Wildman–Crippen LogP) is 2.61. The van der Waals surface area contributed by atoms with Crippen molar-refractivity contribution in [2.75, 3.05) is 31.2 Å². The van der Waals surface area contributed by atoms with E-state index < -0.39 is 0 Å². The molecule has 0 radical (unpaired) electrons. The SMILES string of the molecule is Cc1nn(-c2ccc(F)cc2)cc1-c1ccnc(N2CCOCC2)n1. The molecule has 1 fully saturated rings. The van der Waals surface area contributed by atoms with E-state index in [1.54, 1.807) is 23.0 Å². The van der Waals surface area contributed by atoms with Crippen molar-refractivity contribution in [3.63, 3.8) is 0 Å². The van der Waals surface area contributed by atoms with E-state index in [9.17, 15) is 4.39 Å². The molecular weight excluding hydrogens is 321 g/mol. The van der Waals surface area contributed by atoms with Gasteiger partial charge in [0.1, 0.15) is 5.82 Å². The number of hydrogen-bond acceptors (Lipinski definition) is 5. The maximum atomic E-state index is 13.1. The first-order valence-electron chi connectivity index (χ1n) is 8.19. The Morgan fingerprint density at radius 3 is 2.60 bits per heavy atom. The van der Waals surface area contributed by atoms with Crippen molar-refractivity contribution in [3.05, 3.63) is 54.2 Å². The second-order valence-electron chi connectivity index (χ2n) is 5.89. The summed E-state index contributed by atoms with van der Waals surface area (Å²) >= 11 is 0. The van der Waals surface area contributed by atoms with Crippen LogP contribution in [-0.2, 0) is 4.74 Å². The lowest BCUT2D eigenvalue weighted by Crippen LogP contribution is -2.37. The molecule has 2 aromatic heterocycles. The monoisotopic (exact) mass is 339 g/mol. The summed E-state index contributed by atoms with van der Waals surface area (Å²) in [6, 6.07) is 8.12. The first kappa shape index (κ1) is 15.7. The molecule has 3 aromatic rings. The Hall–Kier alpha value is -2.80. The third kappa shape index (κ3) is 3.23. The maximum Gasteiger partial charge on any atom is 0.226 e. The van der Waals surface area contributed by atoms with Crippen molar-refractivity contribution < 1.29 is 9.13 Å². The first-order valence-corrected chi connectivity index (χ1v) is 8.19. The molecule has 1 aliphatic heterocycles. The van der Waals surface area contributed by atoms with Gasteiger partial charge in [0.2, 0.25) is 5.95 Å². The van der Waals surface area contributed by atoms with E-state index in [4.69, 9.17) is 9.72 Å². The van der Waals surface area contributed by atoms with E-state index in [-0.39, 0.29) is 5.82 Å². The van der Waals surface area contributed by atoms with E-state index in [0.717, 1.165) is 35.7 Å². The van der Waals surface area contributed by atoms with Crippen LogP contribution in [0.3, 0.4) is 0 Å². The largest absolute Gasteiger partial charge is 0.378 e. The van der Waals surface area contributed by atoms with Crippen molar-refractivity contribution in [1.82, 2.24) is 19.7 Å². The van der Waals surface area contributed by atoms with Crippen LogP contribution in [0.15, 0.2) is 42.7 Å². The summed E-state index contributed by atoms with van der Waals surface area (Å²) in [6.45, 7) is 4.89. The Morgan fingerprint density at radius 1 is 1.08 bits per heavy atom. The summed E-state index contributed by atoms with van der Waals surface area (Å²) in [5.74, 6) is 0.438. The number of aryl methyl sites for hydroxylation is 1. The Bertz CT molecular complexity index is 871. The molecule has 0 spiro atoms. The molecule has 25 heavy (non-hydrogen) atoms. The van der Waals surface area contributed by atoms with E-state index in [1.807, 2.05) is 19.2 Å². The molecular formula is C18H18FN5O. The molecule has 0 aliphatic carbocycles. The van der Waals surface area contributed by atoms with Crippen LogP contribution in [0, 0.1) is 12.7 Å². The molecule has 1 aromatic carbocycles. The number of halogens is 1. The molecule has 0 atom stereocenters. The van der Waals surface area contributed by atoms with Gasteiger partial charge in [0.05, 0.1) is 30.3 Å². The number of morpholine rings is 1. The highest BCUT2D eigenvalue weighted by molar-refractivity contribution is 5.62. The highest BCUT2D eigenvalue weighted by atomic mass is 19.1. The molecule has 1 aliphatic rings. The van der Waals surface area contributed by atoms with Crippen LogP contribution in [0.4, 0.5) is 10.3 Å². The Kier molecular flexibility index (Phi) is 4.15. The Morgan fingerprint density at radius 2 is 1.84 bits per heavy atom. The highest BCUT2D eigenvalue weighted by Crippen LogP contribution is 2.24. The summed E-state index contributed by atoms with van der Waals surface area (Å²) in [6.07, 6.45) is 3.68. The zero-order chi connectivity index (χ0) is 17.2. The lowest BCUT2D eigenvalue weighted by molar-refractivity contribution is 0.122. The zero-order valence-electron chi connectivity index (χ0n) is 13.9. The summed E-state index contributed by atoms with van der Waals surface area (Å²) in [5.41, 5.74) is 3.41. The van der Waals surface area contributed by atoms with Crippen LogP contribution in [0.5, 0.6) is 0 Å². The van der Waals surface area contributed by atoms with Gasteiger partial charge in [0.15, 0.2) is 0 Å². The molecule has 0 bridgehead atoms. The van der Waals surface area contributed by atoms with Gasteiger partial charge in [0.25, 0.3) is 0 Å². The van der Waals surface area contributed by atoms with Gasteiger partial charge in [-0.3, -0.25) is 0 Å². The molecule has 0 saturated carbocycles. The Balaban J connectivity index is 1.66. The second-order valence-corrected chi connectivity index (χ2v) is 5.89. The predicted molar refractivity (Wildman–Crippen MR) is 92.3 cm³/mol. The van der Waals surface area contributed by atoms with E-state index in [2.05, 4.69) is 15.0 Å². The van der Waals surface area contributed by atoms with E-state index >= 15 is 0 Å². The number of benzene rings is 1. The van der Waals surface area contributed by atoms with Crippen molar-refractivity contribution >= 4 is 5.95 Å². The third-order valence-electron chi connectivity index (χ3n) is 4.20. The fourth-order valence-corrected chi connectivity index (χ4v) is 2.85. The van der Waals surface area contributed by atoms with Gasteiger partial charge >= 0.3 is 0 Å². The van der Waals surface area contributed by atoms with E-state index in [1.165, 1.54) is 12.1 Å². The normalized spacial score (nSPS) is 14.7. The first-order chi connectivity index (χ1) is 12.2.